The molecule has 0 atom stereocenters. The molecule has 0 aliphatic rings. The van der Waals surface area contributed by atoms with E-state index in [1.165, 1.54) is 6.07 Å². The van der Waals surface area contributed by atoms with Crippen LogP contribution in [-0.2, 0) is 16.6 Å². The van der Waals surface area contributed by atoms with Gasteiger partial charge in [-0.3, -0.25) is 0 Å². The molecule has 1 aromatic carbocycles. The Balaban J connectivity index is 3.00. The average molecular weight is 246 g/mol. The summed E-state index contributed by atoms with van der Waals surface area (Å²) in [6.07, 6.45) is 0. The molecule has 90 valence electrons. The van der Waals surface area contributed by atoms with Crippen molar-refractivity contribution in [1.29, 1.82) is 0 Å². The molecule has 0 saturated carbocycles. The van der Waals surface area contributed by atoms with Crippen LogP contribution < -0.4 is 10.5 Å². The summed E-state index contributed by atoms with van der Waals surface area (Å²) in [5.74, 6) is -0.444. The first-order valence-electron chi connectivity index (χ1n) is 4.85. The van der Waals surface area contributed by atoms with E-state index >= 15 is 0 Å². The summed E-state index contributed by atoms with van der Waals surface area (Å²) in [4.78, 5) is -0.0746. The minimum Gasteiger partial charge on any atom is -0.310 e. The molecular formula is C10H15FN2O2S. The Hall–Kier alpha value is -0.980. The highest BCUT2D eigenvalue weighted by molar-refractivity contribution is 7.89. The van der Waals surface area contributed by atoms with E-state index in [0.29, 0.717) is 5.56 Å². The fraction of sp³-hybridized carbons (Fsp3) is 0.400. The zero-order valence-electron chi connectivity index (χ0n) is 9.20. The molecule has 0 saturated heterocycles. The zero-order valence-corrected chi connectivity index (χ0v) is 10.0. The highest BCUT2D eigenvalue weighted by Crippen LogP contribution is 2.13. The molecule has 0 aliphatic heterocycles. The van der Waals surface area contributed by atoms with Crippen molar-refractivity contribution in [3.63, 3.8) is 0 Å². The monoisotopic (exact) mass is 246 g/mol. The lowest BCUT2D eigenvalue weighted by molar-refractivity contribution is 0.551. The van der Waals surface area contributed by atoms with Crippen LogP contribution in [0, 0.1) is 5.82 Å². The molecule has 0 radical (unpaired) electrons. The van der Waals surface area contributed by atoms with Crippen molar-refractivity contribution in [3.05, 3.63) is 29.6 Å². The van der Waals surface area contributed by atoms with Crippen molar-refractivity contribution >= 4 is 10.0 Å². The van der Waals surface area contributed by atoms with Crippen LogP contribution in [0.15, 0.2) is 23.1 Å². The Morgan fingerprint density at radius 3 is 2.56 bits per heavy atom. The van der Waals surface area contributed by atoms with E-state index in [0.717, 1.165) is 12.1 Å². The van der Waals surface area contributed by atoms with Crippen LogP contribution in [0.25, 0.3) is 0 Å². The standard InChI is InChI=1S/C10H15FN2O2S/c1-7(2)13-6-8-5-9(16(12,14)15)3-4-10(8)11/h3-5,7,13H,6H2,1-2H3,(H2,12,14,15). The summed E-state index contributed by atoms with van der Waals surface area (Å²) in [5, 5.41) is 7.97. The lowest BCUT2D eigenvalue weighted by Gasteiger charge is -2.09. The van der Waals surface area contributed by atoms with Gasteiger partial charge in [0.2, 0.25) is 10.0 Å². The van der Waals surface area contributed by atoms with Gasteiger partial charge in [-0.1, -0.05) is 13.8 Å². The third-order valence-electron chi connectivity index (χ3n) is 2.05. The Bertz CT molecular complexity index is 472. The van der Waals surface area contributed by atoms with Crippen molar-refractivity contribution in [2.45, 2.75) is 31.3 Å². The van der Waals surface area contributed by atoms with Crippen LogP contribution in [-0.4, -0.2) is 14.5 Å². The summed E-state index contributed by atoms with van der Waals surface area (Å²) in [5.41, 5.74) is 0.292. The van der Waals surface area contributed by atoms with Crippen molar-refractivity contribution in [2.24, 2.45) is 5.14 Å². The first-order chi connectivity index (χ1) is 7.30. The van der Waals surface area contributed by atoms with Crippen LogP contribution in [0.1, 0.15) is 19.4 Å². The lowest BCUT2D eigenvalue weighted by Crippen LogP contribution is -2.23. The second kappa shape index (κ2) is 4.90. The molecule has 1 rings (SSSR count). The van der Waals surface area contributed by atoms with Gasteiger partial charge in [-0.25, -0.2) is 17.9 Å². The molecule has 0 aromatic heterocycles. The second-order valence-electron chi connectivity index (χ2n) is 3.83. The largest absolute Gasteiger partial charge is 0.310 e. The van der Waals surface area contributed by atoms with Crippen LogP contribution in [0.3, 0.4) is 0 Å². The summed E-state index contributed by atoms with van der Waals surface area (Å²) < 4.78 is 35.5. The van der Waals surface area contributed by atoms with Gasteiger partial charge in [0.05, 0.1) is 4.90 Å². The van der Waals surface area contributed by atoms with Gasteiger partial charge in [0.1, 0.15) is 5.82 Å². The number of nitrogens with one attached hydrogen (secondary N) is 1. The molecule has 3 N–H and O–H groups in total. The predicted molar refractivity (Wildman–Crippen MR) is 59.7 cm³/mol. The number of sulfonamides is 1. The van der Waals surface area contributed by atoms with Crippen LogP contribution in [0.4, 0.5) is 4.39 Å². The maximum atomic E-state index is 13.3. The van der Waals surface area contributed by atoms with E-state index < -0.39 is 15.8 Å². The summed E-state index contributed by atoms with van der Waals surface area (Å²) in [6.45, 7) is 4.11. The number of hydrogen-bond acceptors (Lipinski definition) is 3. The fourth-order valence-electron chi connectivity index (χ4n) is 1.18. The topological polar surface area (TPSA) is 72.2 Å². The molecule has 4 nitrogen and oxygen atoms in total. The highest BCUT2D eigenvalue weighted by atomic mass is 32.2. The summed E-state index contributed by atoms with van der Waals surface area (Å²) in [6, 6.07) is 3.71. The van der Waals surface area contributed by atoms with E-state index in [1.807, 2.05) is 13.8 Å². The zero-order chi connectivity index (χ0) is 12.3. The van der Waals surface area contributed by atoms with E-state index in [4.69, 9.17) is 5.14 Å². The summed E-state index contributed by atoms with van der Waals surface area (Å²) >= 11 is 0. The Kier molecular flexibility index (Phi) is 4.01. The van der Waals surface area contributed by atoms with Gasteiger partial charge < -0.3 is 5.32 Å². The Labute approximate surface area is 94.7 Å². The van der Waals surface area contributed by atoms with Crippen molar-refractivity contribution in [3.8, 4) is 0 Å². The Morgan fingerprint density at radius 2 is 2.06 bits per heavy atom. The van der Waals surface area contributed by atoms with Gasteiger partial charge in [0, 0.05) is 18.2 Å². The number of benzene rings is 1. The van der Waals surface area contributed by atoms with Gasteiger partial charge in [-0.2, -0.15) is 0 Å². The smallest absolute Gasteiger partial charge is 0.238 e. The molecule has 6 heteroatoms. The van der Waals surface area contributed by atoms with Crippen molar-refractivity contribution < 1.29 is 12.8 Å². The van der Waals surface area contributed by atoms with Gasteiger partial charge >= 0.3 is 0 Å². The van der Waals surface area contributed by atoms with Crippen LogP contribution >= 0.6 is 0 Å². The predicted octanol–water partition coefficient (Wildman–Crippen LogP) is 0.971. The number of hydrogen-bond donors (Lipinski definition) is 2. The number of halogens is 1. The van der Waals surface area contributed by atoms with Crippen LogP contribution in [0.2, 0.25) is 0 Å². The van der Waals surface area contributed by atoms with Gasteiger partial charge in [-0.05, 0) is 18.2 Å². The van der Waals surface area contributed by atoms with Crippen molar-refractivity contribution in [2.75, 3.05) is 0 Å². The normalized spacial score (nSPS) is 12.1. The van der Waals surface area contributed by atoms with Crippen LogP contribution in [0.5, 0.6) is 0 Å². The molecule has 0 heterocycles. The molecule has 0 amide bonds. The molecule has 1 aromatic rings. The molecule has 0 unspecified atom stereocenters. The lowest BCUT2D eigenvalue weighted by atomic mass is 10.2. The summed E-state index contributed by atoms with van der Waals surface area (Å²) in [7, 11) is -3.78. The van der Waals surface area contributed by atoms with E-state index in [2.05, 4.69) is 5.32 Å². The van der Waals surface area contributed by atoms with E-state index in [-0.39, 0.29) is 17.5 Å². The maximum absolute atomic E-state index is 13.3. The molecular weight excluding hydrogens is 231 g/mol. The molecule has 0 aliphatic carbocycles. The highest BCUT2D eigenvalue weighted by Gasteiger charge is 2.11. The quantitative estimate of drug-likeness (QED) is 0.831. The minimum atomic E-state index is -3.78. The number of nitrogens with two attached hydrogens (primary N) is 1. The first-order valence-corrected chi connectivity index (χ1v) is 6.40. The van der Waals surface area contributed by atoms with E-state index in [9.17, 15) is 12.8 Å². The third-order valence-corrected chi connectivity index (χ3v) is 2.96. The van der Waals surface area contributed by atoms with E-state index in [1.54, 1.807) is 0 Å². The van der Waals surface area contributed by atoms with Gasteiger partial charge in [0.25, 0.3) is 0 Å². The third kappa shape index (κ3) is 3.55. The van der Waals surface area contributed by atoms with Gasteiger partial charge in [0.15, 0.2) is 0 Å². The molecule has 0 fully saturated rings. The average Bonchev–Trinajstić information content (AvgIpc) is 2.14. The minimum absolute atomic E-state index is 0.0746. The number of primary sulfonamides is 1. The number of rotatable bonds is 4. The Morgan fingerprint density at radius 1 is 1.44 bits per heavy atom. The maximum Gasteiger partial charge on any atom is 0.238 e. The fourth-order valence-corrected chi connectivity index (χ4v) is 1.74. The molecule has 0 spiro atoms. The molecule has 0 bridgehead atoms. The first kappa shape index (κ1) is 13.1. The second-order valence-corrected chi connectivity index (χ2v) is 5.40. The molecule has 16 heavy (non-hydrogen) atoms. The SMILES string of the molecule is CC(C)NCc1cc(S(N)(=O)=O)ccc1F. The van der Waals surface area contributed by atoms with Crippen molar-refractivity contribution in [1.82, 2.24) is 5.32 Å². The van der Waals surface area contributed by atoms with Gasteiger partial charge in [-0.15, -0.1) is 0 Å².